The number of nitrogens with zero attached hydrogens (tertiary/aromatic N) is 3. The van der Waals surface area contributed by atoms with Crippen LogP contribution in [-0.4, -0.2) is 33.8 Å². The first-order chi connectivity index (χ1) is 13.0. The number of carbonyl (C=O) groups excluding carboxylic acids is 1. The molecule has 1 aliphatic rings. The van der Waals surface area contributed by atoms with E-state index in [9.17, 15) is 14.9 Å². The quantitative estimate of drug-likeness (QED) is 0.420. The summed E-state index contributed by atoms with van der Waals surface area (Å²) in [5, 5.41) is 12.2. The summed E-state index contributed by atoms with van der Waals surface area (Å²) in [4.78, 5) is 29.9. The molecule has 8 heteroatoms. The monoisotopic (exact) mass is 445 g/mol. The molecule has 0 radical (unpaired) electrons. The number of fused-ring (bicyclic) bond motifs is 1. The maximum absolute atomic E-state index is 12.7. The largest absolute Gasteiger partial charge is 0.339 e. The second-order valence-electron chi connectivity index (χ2n) is 6.51. The normalized spacial score (nSPS) is 15.2. The van der Waals surface area contributed by atoms with Gasteiger partial charge in [-0.2, -0.15) is 0 Å². The lowest BCUT2D eigenvalue weighted by molar-refractivity contribution is -0.385. The number of benzene rings is 2. The number of thiazole rings is 1. The van der Waals surface area contributed by atoms with Crippen molar-refractivity contribution in [2.24, 2.45) is 0 Å². The highest BCUT2D eigenvalue weighted by Gasteiger charge is 2.27. The minimum absolute atomic E-state index is 0.0924. The van der Waals surface area contributed by atoms with Crippen LogP contribution in [0.15, 0.2) is 46.9 Å². The van der Waals surface area contributed by atoms with Gasteiger partial charge in [0.25, 0.3) is 11.6 Å². The number of amides is 1. The van der Waals surface area contributed by atoms with Crippen LogP contribution in [0.4, 0.5) is 5.69 Å². The van der Waals surface area contributed by atoms with E-state index in [0.29, 0.717) is 29.0 Å². The first kappa shape index (κ1) is 18.1. The number of hydrogen-bond donors (Lipinski definition) is 0. The van der Waals surface area contributed by atoms with Gasteiger partial charge < -0.3 is 4.90 Å². The van der Waals surface area contributed by atoms with Crippen molar-refractivity contribution in [2.45, 2.75) is 18.8 Å². The van der Waals surface area contributed by atoms with Gasteiger partial charge in [-0.05, 0) is 53.0 Å². The summed E-state index contributed by atoms with van der Waals surface area (Å²) in [7, 11) is 0. The SMILES string of the molecule is O=C(c1ccc(Br)c([N+](=O)[O-])c1)N1CCC(c2nc3ccccc3s2)CC1. The highest BCUT2D eigenvalue weighted by Crippen LogP contribution is 2.34. The Hall–Kier alpha value is -2.32. The van der Waals surface area contributed by atoms with Gasteiger partial charge in [0.1, 0.15) is 0 Å². The third-order valence-corrected chi connectivity index (χ3v) is 6.70. The summed E-state index contributed by atoms with van der Waals surface area (Å²) < 4.78 is 1.56. The molecule has 0 saturated carbocycles. The Balaban J connectivity index is 1.46. The summed E-state index contributed by atoms with van der Waals surface area (Å²) in [5.74, 6) is 0.194. The minimum atomic E-state index is -0.486. The van der Waals surface area contributed by atoms with Gasteiger partial charge in [0.05, 0.1) is 24.6 Å². The molecule has 1 amide bonds. The lowest BCUT2D eigenvalue weighted by Gasteiger charge is -2.31. The second-order valence-corrected chi connectivity index (χ2v) is 8.43. The van der Waals surface area contributed by atoms with Crippen LogP contribution in [0.3, 0.4) is 0 Å². The lowest BCUT2D eigenvalue weighted by atomic mass is 9.97. The smallest absolute Gasteiger partial charge is 0.284 e. The van der Waals surface area contributed by atoms with Crippen LogP contribution in [-0.2, 0) is 0 Å². The molecule has 3 aromatic rings. The second kappa shape index (κ2) is 7.36. The van der Waals surface area contributed by atoms with Crippen LogP contribution in [0.2, 0.25) is 0 Å². The van der Waals surface area contributed by atoms with Crippen LogP contribution in [0, 0.1) is 10.1 Å². The molecule has 2 aromatic carbocycles. The Labute approximate surface area is 168 Å². The Morgan fingerprint density at radius 1 is 1.22 bits per heavy atom. The first-order valence-corrected chi connectivity index (χ1v) is 10.2. The van der Waals surface area contributed by atoms with Crippen molar-refractivity contribution in [3.05, 3.63) is 67.6 Å². The number of rotatable bonds is 3. The maximum Gasteiger partial charge on any atom is 0.284 e. The van der Waals surface area contributed by atoms with E-state index in [4.69, 9.17) is 4.98 Å². The molecule has 6 nitrogen and oxygen atoms in total. The Bertz CT molecular complexity index is 995. The Morgan fingerprint density at radius 2 is 1.96 bits per heavy atom. The molecule has 1 saturated heterocycles. The maximum atomic E-state index is 12.7. The molecule has 0 N–H and O–H groups in total. The molecular formula is C19H16BrN3O3S. The average Bonchev–Trinajstić information content (AvgIpc) is 3.12. The Morgan fingerprint density at radius 3 is 2.67 bits per heavy atom. The number of aromatic nitrogens is 1. The van der Waals surface area contributed by atoms with Crippen molar-refractivity contribution in [1.29, 1.82) is 0 Å². The standard InChI is InChI=1S/C19H16BrN3O3S/c20-14-6-5-13(11-16(14)23(25)26)19(24)22-9-7-12(8-10-22)18-21-15-3-1-2-4-17(15)27-18/h1-6,11-12H,7-10H2. The van der Waals surface area contributed by atoms with E-state index in [0.717, 1.165) is 23.4 Å². The Kier molecular flexibility index (Phi) is 4.92. The fourth-order valence-electron chi connectivity index (χ4n) is 3.36. The van der Waals surface area contributed by atoms with E-state index in [1.54, 1.807) is 28.4 Å². The molecule has 27 heavy (non-hydrogen) atoms. The van der Waals surface area contributed by atoms with Gasteiger partial charge in [-0.1, -0.05) is 12.1 Å². The van der Waals surface area contributed by atoms with Crippen molar-refractivity contribution >= 4 is 49.1 Å². The number of nitro benzene ring substituents is 1. The van der Waals surface area contributed by atoms with E-state index in [-0.39, 0.29) is 11.6 Å². The minimum Gasteiger partial charge on any atom is -0.339 e. The fourth-order valence-corrected chi connectivity index (χ4v) is 4.89. The van der Waals surface area contributed by atoms with Gasteiger partial charge in [-0.15, -0.1) is 11.3 Å². The summed E-state index contributed by atoms with van der Waals surface area (Å²) in [6.45, 7) is 1.26. The van der Waals surface area contributed by atoms with E-state index in [1.165, 1.54) is 10.8 Å². The summed E-state index contributed by atoms with van der Waals surface area (Å²) in [5.41, 5.74) is 1.28. The fraction of sp³-hybridized carbons (Fsp3) is 0.263. The van der Waals surface area contributed by atoms with Crippen molar-refractivity contribution in [3.63, 3.8) is 0 Å². The van der Waals surface area contributed by atoms with Crippen LogP contribution in [0.25, 0.3) is 10.2 Å². The summed E-state index contributed by atoms with van der Waals surface area (Å²) in [6, 6.07) is 12.6. The number of likely N-dealkylation sites (tertiary alicyclic amines) is 1. The molecule has 0 unspecified atom stereocenters. The molecule has 0 spiro atoms. The zero-order valence-electron chi connectivity index (χ0n) is 14.3. The zero-order valence-corrected chi connectivity index (χ0v) is 16.7. The number of para-hydroxylation sites is 1. The number of piperidine rings is 1. The molecule has 4 rings (SSSR count). The van der Waals surface area contributed by atoms with Crippen molar-refractivity contribution in [3.8, 4) is 0 Å². The van der Waals surface area contributed by atoms with Gasteiger partial charge >= 0.3 is 0 Å². The summed E-state index contributed by atoms with van der Waals surface area (Å²) in [6.07, 6.45) is 1.70. The molecule has 0 atom stereocenters. The third kappa shape index (κ3) is 3.59. The van der Waals surface area contributed by atoms with Crippen molar-refractivity contribution in [2.75, 3.05) is 13.1 Å². The molecular weight excluding hydrogens is 430 g/mol. The van der Waals surface area contributed by atoms with Gasteiger partial charge in [0.2, 0.25) is 0 Å². The molecule has 1 aromatic heterocycles. The predicted octanol–water partition coefficient (Wildman–Crippen LogP) is 4.99. The van der Waals surface area contributed by atoms with E-state index < -0.39 is 4.92 Å². The first-order valence-electron chi connectivity index (χ1n) is 8.61. The van der Waals surface area contributed by atoms with Gasteiger partial charge in [-0.3, -0.25) is 14.9 Å². The topological polar surface area (TPSA) is 76.3 Å². The molecule has 0 bridgehead atoms. The molecule has 0 aliphatic carbocycles. The van der Waals surface area contributed by atoms with Crippen LogP contribution in [0.1, 0.15) is 34.1 Å². The number of carbonyl (C=O) groups is 1. The van der Waals surface area contributed by atoms with Crippen LogP contribution < -0.4 is 0 Å². The third-order valence-electron chi connectivity index (χ3n) is 4.83. The van der Waals surface area contributed by atoms with Gasteiger partial charge in [0, 0.05) is 30.6 Å². The van der Waals surface area contributed by atoms with Crippen LogP contribution in [0.5, 0.6) is 0 Å². The van der Waals surface area contributed by atoms with E-state index in [2.05, 4.69) is 22.0 Å². The molecule has 138 valence electrons. The predicted molar refractivity (Wildman–Crippen MR) is 108 cm³/mol. The molecule has 1 aliphatic heterocycles. The summed E-state index contributed by atoms with van der Waals surface area (Å²) >= 11 is 4.87. The number of hydrogen-bond acceptors (Lipinski definition) is 5. The zero-order chi connectivity index (χ0) is 19.0. The van der Waals surface area contributed by atoms with Crippen LogP contribution >= 0.6 is 27.3 Å². The van der Waals surface area contributed by atoms with E-state index in [1.807, 2.05) is 18.2 Å². The van der Waals surface area contributed by atoms with Gasteiger partial charge in [-0.25, -0.2) is 4.98 Å². The highest BCUT2D eigenvalue weighted by atomic mass is 79.9. The van der Waals surface area contributed by atoms with Crippen molar-refractivity contribution < 1.29 is 9.72 Å². The molecule has 2 heterocycles. The van der Waals surface area contributed by atoms with Crippen molar-refractivity contribution in [1.82, 2.24) is 9.88 Å². The molecule has 1 fully saturated rings. The average molecular weight is 446 g/mol. The highest BCUT2D eigenvalue weighted by molar-refractivity contribution is 9.10. The number of nitro groups is 1. The van der Waals surface area contributed by atoms with E-state index >= 15 is 0 Å². The lowest BCUT2D eigenvalue weighted by Crippen LogP contribution is -2.37. The van der Waals surface area contributed by atoms with Gasteiger partial charge in [0.15, 0.2) is 0 Å². The number of halogens is 1.